The van der Waals surface area contributed by atoms with Gasteiger partial charge in [0.1, 0.15) is 19.3 Å². The molecule has 154 valence electrons. The van der Waals surface area contributed by atoms with Crippen LogP contribution in [0.25, 0.3) is 0 Å². The Hall–Kier alpha value is -3.35. The van der Waals surface area contributed by atoms with Crippen LogP contribution < -0.4 is 5.32 Å². The van der Waals surface area contributed by atoms with E-state index in [9.17, 15) is 14.4 Å². The summed E-state index contributed by atoms with van der Waals surface area (Å²) in [5, 5.41) is 2.46. The Balaban J connectivity index is 1.80. The van der Waals surface area contributed by atoms with Crippen molar-refractivity contribution in [3.63, 3.8) is 0 Å². The zero-order valence-corrected chi connectivity index (χ0v) is 16.3. The lowest BCUT2D eigenvalue weighted by atomic mass is 10.1. The van der Waals surface area contributed by atoms with Crippen molar-refractivity contribution in [2.75, 3.05) is 6.61 Å². The molecule has 0 spiro atoms. The lowest BCUT2D eigenvalue weighted by Crippen LogP contribution is -2.42. The average Bonchev–Trinajstić information content (AvgIpc) is 2.75. The maximum absolute atomic E-state index is 12.1. The molecular weight excluding hydrogens is 374 g/mol. The summed E-state index contributed by atoms with van der Waals surface area (Å²) < 4.78 is 15.3. The summed E-state index contributed by atoms with van der Waals surface area (Å²) in [6.07, 6.45) is -0.758. The fourth-order valence-corrected chi connectivity index (χ4v) is 2.47. The van der Waals surface area contributed by atoms with Gasteiger partial charge in [-0.15, -0.1) is 0 Å². The van der Waals surface area contributed by atoms with E-state index in [1.54, 1.807) is 6.92 Å². The lowest BCUT2D eigenvalue weighted by molar-refractivity contribution is -0.147. The van der Waals surface area contributed by atoms with Gasteiger partial charge in [0.15, 0.2) is 0 Å². The molecule has 0 aliphatic carbocycles. The van der Waals surface area contributed by atoms with Crippen LogP contribution in [0.15, 0.2) is 60.7 Å². The van der Waals surface area contributed by atoms with Crippen molar-refractivity contribution in [2.45, 2.75) is 39.0 Å². The predicted octanol–water partition coefficient (Wildman–Crippen LogP) is 3.37. The molecule has 0 saturated carbocycles. The van der Waals surface area contributed by atoms with Crippen LogP contribution in [0.2, 0.25) is 0 Å². The Morgan fingerprint density at radius 3 is 1.93 bits per heavy atom. The summed E-state index contributed by atoms with van der Waals surface area (Å²) in [5.74, 6) is -1.09. The summed E-state index contributed by atoms with van der Waals surface area (Å²) >= 11 is 0. The van der Waals surface area contributed by atoms with Crippen LogP contribution in [0.3, 0.4) is 0 Å². The van der Waals surface area contributed by atoms with Crippen molar-refractivity contribution in [3.8, 4) is 0 Å². The second kappa shape index (κ2) is 12.2. The monoisotopic (exact) mass is 399 g/mol. The van der Waals surface area contributed by atoms with E-state index < -0.39 is 24.1 Å². The number of amides is 1. The third kappa shape index (κ3) is 8.47. The minimum atomic E-state index is -0.998. The summed E-state index contributed by atoms with van der Waals surface area (Å²) in [5.41, 5.74) is 1.69. The standard InChI is InChI=1S/C22H25NO6/c1-2-27-21(25)19(23-22(26)29-16-18-11-7-4-8-12-18)13-14-20(24)28-15-17-9-5-3-6-10-17/h3-12,19H,2,13-16H2,1H3,(H,23,26)/t19-/m0/s1. The smallest absolute Gasteiger partial charge is 0.408 e. The molecule has 0 fully saturated rings. The number of nitrogens with one attached hydrogen (secondary N) is 1. The Labute approximate surface area is 170 Å². The molecule has 1 N–H and O–H groups in total. The fourth-order valence-electron chi connectivity index (χ4n) is 2.47. The molecule has 29 heavy (non-hydrogen) atoms. The second-order valence-electron chi connectivity index (χ2n) is 6.20. The van der Waals surface area contributed by atoms with Crippen LogP contribution in [-0.2, 0) is 37.0 Å². The molecule has 0 aliphatic heterocycles. The summed E-state index contributed by atoms with van der Waals surface area (Å²) in [6, 6.07) is 17.4. The molecule has 7 heteroatoms. The minimum absolute atomic E-state index is 0.0463. The van der Waals surface area contributed by atoms with Gasteiger partial charge in [-0.3, -0.25) is 4.79 Å². The summed E-state index contributed by atoms with van der Waals surface area (Å²) in [7, 11) is 0. The van der Waals surface area contributed by atoms with Gasteiger partial charge in [-0.1, -0.05) is 60.7 Å². The Morgan fingerprint density at radius 2 is 1.38 bits per heavy atom. The van der Waals surface area contributed by atoms with Crippen molar-refractivity contribution in [2.24, 2.45) is 0 Å². The minimum Gasteiger partial charge on any atom is -0.464 e. The number of benzene rings is 2. The van der Waals surface area contributed by atoms with Crippen molar-refractivity contribution in [1.29, 1.82) is 0 Å². The average molecular weight is 399 g/mol. The van der Waals surface area contributed by atoms with Crippen LogP contribution in [-0.4, -0.2) is 30.7 Å². The van der Waals surface area contributed by atoms with Crippen LogP contribution >= 0.6 is 0 Å². The zero-order valence-electron chi connectivity index (χ0n) is 16.3. The Kier molecular flexibility index (Phi) is 9.21. The lowest BCUT2D eigenvalue weighted by Gasteiger charge is -2.17. The SMILES string of the molecule is CCOC(=O)[C@H](CCC(=O)OCc1ccccc1)NC(=O)OCc1ccccc1. The van der Waals surface area contributed by atoms with Gasteiger partial charge in [-0.25, -0.2) is 9.59 Å². The van der Waals surface area contributed by atoms with Crippen LogP contribution in [0, 0.1) is 0 Å². The topological polar surface area (TPSA) is 90.9 Å². The van der Waals surface area contributed by atoms with E-state index in [4.69, 9.17) is 14.2 Å². The number of carbonyl (C=O) groups excluding carboxylic acids is 3. The molecule has 0 heterocycles. The first-order valence-electron chi connectivity index (χ1n) is 9.42. The first-order chi connectivity index (χ1) is 14.1. The highest BCUT2D eigenvalue weighted by molar-refractivity contribution is 5.82. The molecular formula is C22H25NO6. The highest BCUT2D eigenvalue weighted by Gasteiger charge is 2.24. The highest BCUT2D eigenvalue weighted by atomic mass is 16.6. The third-order valence-electron chi connectivity index (χ3n) is 3.96. The molecule has 0 unspecified atom stereocenters. The number of ether oxygens (including phenoxy) is 3. The number of rotatable bonds is 10. The fraction of sp³-hybridized carbons (Fsp3) is 0.318. The highest BCUT2D eigenvalue weighted by Crippen LogP contribution is 2.07. The van der Waals surface area contributed by atoms with E-state index in [1.165, 1.54) is 0 Å². The van der Waals surface area contributed by atoms with Gasteiger partial charge in [-0.05, 0) is 24.5 Å². The number of hydrogen-bond donors (Lipinski definition) is 1. The maximum atomic E-state index is 12.1. The first-order valence-corrected chi connectivity index (χ1v) is 9.42. The number of alkyl carbamates (subject to hydrolysis) is 1. The van der Waals surface area contributed by atoms with Crippen LogP contribution in [0.4, 0.5) is 4.79 Å². The molecule has 0 bridgehead atoms. The van der Waals surface area contributed by atoms with Crippen LogP contribution in [0.5, 0.6) is 0 Å². The molecule has 1 atom stereocenters. The number of esters is 2. The largest absolute Gasteiger partial charge is 0.464 e. The van der Waals surface area contributed by atoms with Crippen molar-refractivity contribution in [1.82, 2.24) is 5.32 Å². The van der Waals surface area contributed by atoms with Gasteiger partial charge in [0, 0.05) is 6.42 Å². The number of carbonyl (C=O) groups is 3. The maximum Gasteiger partial charge on any atom is 0.408 e. The molecule has 2 aromatic rings. The molecule has 0 saturated heterocycles. The molecule has 0 aliphatic rings. The quantitative estimate of drug-likeness (QED) is 0.487. The van der Waals surface area contributed by atoms with Gasteiger partial charge in [-0.2, -0.15) is 0 Å². The zero-order chi connectivity index (χ0) is 20.9. The molecule has 0 radical (unpaired) electrons. The van der Waals surface area contributed by atoms with E-state index in [2.05, 4.69) is 5.32 Å². The van der Waals surface area contributed by atoms with Crippen molar-refractivity contribution in [3.05, 3.63) is 71.8 Å². The first kappa shape index (κ1) is 21.9. The number of hydrogen-bond acceptors (Lipinski definition) is 6. The second-order valence-corrected chi connectivity index (χ2v) is 6.20. The van der Waals surface area contributed by atoms with E-state index in [-0.39, 0.29) is 32.7 Å². The van der Waals surface area contributed by atoms with Gasteiger partial charge in [0.05, 0.1) is 6.61 Å². The summed E-state index contributed by atoms with van der Waals surface area (Å²) in [4.78, 5) is 36.1. The third-order valence-corrected chi connectivity index (χ3v) is 3.96. The Morgan fingerprint density at radius 1 is 0.828 bits per heavy atom. The van der Waals surface area contributed by atoms with E-state index in [0.29, 0.717) is 0 Å². The molecule has 2 aromatic carbocycles. The van der Waals surface area contributed by atoms with E-state index in [1.807, 2.05) is 60.7 Å². The molecule has 7 nitrogen and oxygen atoms in total. The normalized spacial score (nSPS) is 11.2. The predicted molar refractivity (Wildman–Crippen MR) is 106 cm³/mol. The van der Waals surface area contributed by atoms with Crippen molar-refractivity contribution >= 4 is 18.0 Å². The van der Waals surface area contributed by atoms with Gasteiger partial charge in [0.2, 0.25) is 0 Å². The summed E-state index contributed by atoms with van der Waals surface area (Å²) in [6.45, 7) is 2.04. The molecule has 1 amide bonds. The van der Waals surface area contributed by atoms with Gasteiger partial charge in [0.25, 0.3) is 0 Å². The van der Waals surface area contributed by atoms with E-state index in [0.717, 1.165) is 11.1 Å². The van der Waals surface area contributed by atoms with E-state index >= 15 is 0 Å². The van der Waals surface area contributed by atoms with Gasteiger partial charge >= 0.3 is 18.0 Å². The Bertz CT molecular complexity index is 778. The van der Waals surface area contributed by atoms with Gasteiger partial charge < -0.3 is 19.5 Å². The molecule has 2 rings (SSSR count). The van der Waals surface area contributed by atoms with Crippen molar-refractivity contribution < 1.29 is 28.6 Å². The van der Waals surface area contributed by atoms with Crippen LogP contribution in [0.1, 0.15) is 30.9 Å². The molecule has 0 aromatic heterocycles.